The zero-order valence-electron chi connectivity index (χ0n) is 15.3. The van der Waals surface area contributed by atoms with E-state index in [4.69, 9.17) is 19.6 Å². The van der Waals surface area contributed by atoms with Gasteiger partial charge in [-0.05, 0) is 35.4 Å². The zero-order valence-corrected chi connectivity index (χ0v) is 15.3. The summed E-state index contributed by atoms with van der Waals surface area (Å²) in [6.45, 7) is 0.444. The van der Waals surface area contributed by atoms with E-state index in [-0.39, 0.29) is 5.43 Å². The van der Waals surface area contributed by atoms with Crippen molar-refractivity contribution in [2.45, 2.75) is 6.61 Å². The molecule has 0 aliphatic heterocycles. The molecule has 140 valence electrons. The first-order chi connectivity index (χ1) is 13.7. The second-order valence-corrected chi connectivity index (χ2v) is 6.37. The number of methoxy groups -OCH3 is 1. The Labute approximate surface area is 161 Å². The molecule has 0 bridgehead atoms. The van der Waals surface area contributed by atoms with Crippen molar-refractivity contribution < 1.29 is 13.9 Å². The highest BCUT2D eigenvalue weighted by Crippen LogP contribution is 2.28. The van der Waals surface area contributed by atoms with E-state index in [1.807, 2.05) is 30.3 Å². The van der Waals surface area contributed by atoms with Gasteiger partial charge in [-0.25, -0.2) is 0 Å². The molecule has 3 aromatic carbocycles. The number of rotatable bonds is 5. The summed E-state index contributed by atoms with van der Waals surface area (Å²) in [6, 6.07) is 20.3. The van der Waals surface area contributed by atoms with E-state index in [0.29, 0.717) is 45.9 Å². The first kappa shape index (κ1) is 17.7. The molecule has 5 nitrogen and oxygen atoms in total. The van der Waals surface area contributed by atoms with Gasteiger partial charge in [0.05, 0.1) is 23.7 Å². The number of hydrogen-bond donors (Lipinski definition) is 1. The van der Waals surface area contributed by atoms with Crippen molar-refractivity contribution in [2.24, 2.45) is 0 Å². The minimum Gasteiger partial charge on any atom is -0.495 e. The van der Waals surface area contributed by atoms with Gasteiger partial charge in [-0.2, -0.15) is 0 Å². The van der Waals surface area contributed by atoms with Crippen molar-refractivity contribution in [1.82, 2.24) is 0 Å². The summed E-state index contributed by atoms with van der Waals surface area (Å²) in [5, 5.41) is 0.485. The molecule has 1 heterocycles. The molecule has 0 aliphatic rings. The molecule has 0 atom stereocenters. The second kappa shape index (κ2) is 7.48. The number of benzene rings is 3. The standard InChI is InChI=1S/C23H19NO4/c1-26-21-10-7-16(11-20(21)24)19-14-28-22-12-17(8-9-18(22)23(19)25)27-13-15-5-3-2-4-6-15/h2-12,14H,13,24H2,1H3. The summed E-state index contributed by atoms with van der Waals surface area (Å²) in [4.78, 5) is 12.9. The normalized spacial score (nSPS) is 10.8. The van der Waals surface area contributed by atoms with Gasteiger partial charge in [0.15, 0.2) is 5.43 Å². The summed E-state index contributed by atoms with van der Waals surface area (Å²) in [6.07, 6.45) is 1.45. The molecule has 0 unspecified atom stereocenters. The van der Waals surface area contributed by atoms with Gasteiger partial charge in [-0.15, -0.1) is 0 Å². The van der Waals surface area contributed by atoms with E-state index in [9.17, 15) is 4.79 Å². The van der Waals surface area contributed by atoms with Gasteiger partial charge < -0.3 is 19.6 Å². The van der Waals surface area contributed by atoms with Gasteiger partial charge in [0.25, 0.3) is 0 Å². The van der Waals surface area contributed by atoms with Gasteiger partial charge in [0.1, 0.15) is 30.0 Å². The fraction of sp³-hybridized carbons (Fsp3) is 0.0870. The van der Waals surface area contributed by atoms with Gasteiger partial charge in [-0.1, -0.05) is 36.4 Å². The van der Waals surface area contributed by atoms with Crippen molar-refractivity contribution in [2.75, 3.05) is 12.8 Å². The van der Waals surface area contributed by atoms with E-state index >= 15 is 0 Å². The third-order valence-electron chi connectivity index (χ3n) is 4.54. The topological polar surface area (TPSA) is 74.7 Å². The molecule has 0 aliphatic carbocycles. The summed E-state index contributed by atoms with van der Waals surface area (Å²) < 4.78 is 16.7. The molecule has 5 heteroatoms. The van der Waals surface area contributed by atoms with Gasteiger partial charge >= 0.3 is 0 Å². The maximum Gasteiger partial charge on any atom is 0.200 e. The van der Waals surface area contributed by atoms with Crippen LogP contribution in [0.5, 0.6) is 11.5 Å². The maximum atomic E-state index is 12.9. The van der Waals surface area contributed by atoms with Crippen LogP contribution in [0.25, 0.3) is 22.1 Å². The fourth-order valence-corrected chi connectivity index (χ4v) is 3.04. The molecule has 0 spiro atoms. The first-order valence-corrected chi connectivity index (χ1v) is 8.82. The number of nitrogen functional groups attached to an aromatic ring is 1. The number of hydrogen-bond acceptors (Lipinski definition) is 5. The predicted molar refractivity (Wildman–Crippen MR) is 110 cm³/mol. The second-order valence-electron chi connectivity index (χ2n) is 6.37. The van der Waals surface area contributed by atoms with Crippen LogP contribution in [-0.2, 0) is 6.61 Å². The van der Waals surface area contributed by atoms with Crippen LogP contribution in [0.4, 0.5) is 5.69 Å². The number of anilines is 1. The summed E-state index contributed by atoms with van der Waals surface area (Å²) in [5.41, 5.74) is 8.96. The monoisotopic (exact) mass is 373 g/mol. The molecule has 4 aromatic rings. The molecule has 2 N–H and O–H groups in total. The lowest BCUT2D eigenvalue weighted by Gasteiger charge is -2.09. The lowest BCUT2D eigenvalue weighted by atomic mass is 10.0. The molecule has 0 radical (unpaired) electrons. The SMILES string of the molecule is COc1ccc(-c2coc3cc(OCc4ccccc4)ccc3c2=O)cc1N. The number of ether oxygens (including phenoxy) is 2. The molecule has 0 amide bonds. The van der Waals surface area contributed by atoms with Crippen LogP contribution < -0.4 is 20.6 Å². The Balaban J connectivity index is 1.65. The maximum absolute atomic E-state index is 12.9. The van der Waals surface area contributed by atoms with E-state index in [1.54, 1.807) is 43.5 Å². The minimum atomic E-state index is -0.125. The Bertz CT molecular complexity index is 1180. The third-order valence-corrected chi connectivity index (χ3v) is 4.54. The van der Waals surface area contributed by atoms with Crippen LogP contribution in [0.15, 0.2) is 82.2 Å². The van der Waals surface area contributed by atoms with Crippen LogP contribution in [0.2, 0.25) is 0 Å². The van der Waals surface area contributed by atoms with Crippen molar-refractivity contribution >= 4 is 16.7 Å². The van der Waals surface area contributed by atoms with Crippen molar-refractivity contribution in [3.63, 3.8) is 0 Å². The highest BCUT2D eigenvalue weighted by molar-refractivity contribution is 5.83. The van der Waals surface area contributed by atoms with Crippen LogP contribution in [-0.4, -0.2) is 7.11 Å². The molecule has 0 saturated carbocycles. The van der Waals surface area contributed by atoms with Gasteiger partial charge in [-0.3, -0.25) is 4.79 Å². The first-order valence-electron chi connectivity index (χ1n) is 8.82. The fourth-order valence-electron chi connectivity index (χ4n) is 3.04. The molecular formula is C23H19NO4. The Hall–Kier alpha value is -3.73. The van der Waals surface area contributed by atoms with Crippen LogP contribution in [0.1, 0.15) is 5.56 Å². The zero-order chi connectivity index (χ0) is 19.5. The summed E-state index contributed by atoms with van der Waals surface area (Å²) in [5.74, 6) is 1.20. The Morgan fingerprint density at radius 2 is 1.82 bits per heavy atom. The molecular weight excluding hydrogens is 354 g/mol. The average molecular weight is 373 g/mol. The van der Waals surface area contributed by atoms with Crippen LogP contribution in [0, 0.1) is 0 Å². The molecule has 28 heavy (non-hydrogen) atoms. The molecule has 0 fully saturated rings. The average Bonchev–Trinajstić information content (AvgIpc) is 2.73. The summed E-state index contributed by atoms with van der Waals surface area (Å²) >= 11 is 0. The largest absolute Gasteiger partial charge is 0.495 e. The highest BCUT2D eigenvalue weighted by Gasteiger charge is 2.12. The lowest BCUT2D eigenvalue weighted by Crippen LogP contribution is -2.05. The Morgan fingerprint density at radius 1 is 1.00 bits per heavy atom. The molecule has 0 saturated heterocycles. The van der Waals surface area contributed by atoms with Crippen LogP contribution in [0.3, 0.4) is 0 Å². The summed E-state index contributed by atoms with van der Waals surface area (Å²) in [7, 11) is 1.55. The van der Waals surface area contributed by atoms with E-state index in [1.165, 1.54) is 6.26 Å². The van der Waals surface area contributed by atoms with E-state index in [0.717, 1.165) is 5.56 Å². The van der Waals surface area contributed by atoms with Crippen molar-refractivity contribution in [3.05, 3.63) is 88.8 Å². The number of nitrogens with two attached hydrogens (primary N) is 1. The van der Waals surface area contributed by atoms with Gasteiger partial charge in [0, 0.05) is 6.07 Å². The Morgan fingerprint density at radius 3 is 2.57 bits per heavy atom. The number of fused-ring (bicyclic) bond motifs is 1. The van der Waals surface area contributed by atoms with Gasteiger partial charge in [0.2, 0.25) is 0 Å². The van der Waals surface area contributed by atoms with Crippen molar-refractivity contribution in [3.8, 4) is 22.6 Å². The van der Waals surface area contributed by atoms with Crippen LogP contribution >= 0.6 is 0 Å². The minimum absolute atomic E-state index is 0.125. The Kier molecular flexibility index (Phi) is 4.72. The molecule has 4 rings (SSSR count). The smallest absolute Gasteiger partial charge is 0.200 e. The van der Waals surface area contributed by atoms with E-state index < -0.39 is 0 Å². The third kappa shape index (κ3) is 3.42. The predicted octanol–water partition coefficient (Wildman–Crippen LogP) is 4.63. The lowest BCUT2D eigenvalue weighted by molar-refractivity contribution is 0.306. The van der Waals surface area contributed by atoms with E-state index in [2.05, 4.69) is 0 Å². The highest BCUT2D eigenvalue weighted by atomic mass is 16.5. The quantitative estimate of drug-likeness (QED) is 0.516. The molecule has 1 aromatic heterocycles. The van der Waals surface area contributed by atoms with Crippen molar-refractivity contribution in [1.29, 1.82) is 0 Å².